The summed E-state index contributed by atoms with van der Waals surface area (Å²) in [5.41, 5.74) is 2.05. The van der Waals surface area contributed by atoms with Gasteiger partial charge in [0.15, 0.2) is 6.61 Å². The van der Waals surface area contributed by atoms with Crippen LogP contribution in [0.2, 0.25) is 0 Å². The largest absolute Gasteiger partial charge is 0.483 e. The van der Waals surface area contributed by atoms with Crippen LogP contribution >= 0.6 is 0 Å². The van der Waals surface area contributed by atoms with E-state index in [-0.39, 0.29) is 23.2 Å². The van der Waals surface area contributed by atoms with Crippen molar-refractivity contribution in [3.8, 4) is 5.75 Å². The molecule has 3 rings (SSSR count). The molecule has 1 heterocycles. The number of nitrogens with one attached hydrogen (secondary N) is 2. The van der Waals surface area contributed by atoms with Crippen molar-refractivity contribution in [1.82, 2.24) is 9.97 Å². The Morgan fingerprint density at radius 2 is 1.70 bits per heavy atom. The second-order valence-electron chi connectivity index (χ2n) is 6.67. The Labute approximate surface area is 175 Å². The van der Waals surface area contributed by atoms with Crippen LogP contribution in [0.3, 0.4) is 0 Å². The van der Waals surface area contributed by atoms with E-state index >= 15 is 0 Å². The monoisotopic (exact) mass is 426 g/mol. The molecule has 0 atom stereocenters. The molecule has 1 amide bonds. The molecule has 1 aromatic heterocycles. The lowest BCUT2D eigenvalue weighted by atomic mass is 10.2. The van der Waals surface area contributed by atoms with E-state index in [9.17, 15) is 13.2 Å². The number of amides is 1. The molecule has 0 aliphatic carbocycles. The van der Waals surface area contributed by atoms with E-state index < -0.39 is 10.0 Å². The lowest BCUT2D eigenvalue weighted by molar-refractivity contribution is -0.118. The van der Waals surface area contributed by atoms with Crippen LogP contribution in [-0.4, -0.2) is 30.9 Å². The van der Waals surface area contributed by atoms with Crippen molar-refractivity contribution in [1.29, 1.82) is 0 Å². The van der Waals surface area contributed by atoms with Crippen molar-refractivity contribution >= 4 is 27.4 Å². The summed E-state index contributed by atoms with van der Waals surface area (Å²) in [7, 11) is -3.82. The van der Waals surface area contributed by atoms with Gasteiger partial charge in [0.2, 0.25) is 0 Å². The molecule has 3 aromatic rings. The summed E-state index contributed by atoms with van der Waals surface area (Å²) in [6.07, 6.45) is 0. The molecule has 8 nitrogen and oxygen atoms in total. The van der Waals surface area contributed by atoms with Gasteiger partial charge in [-0.3, -0.25) is 9.52 Å². The van der Waals surface area contributed by atoms with E-state index in [0.29, 0.717) is 23.0 Å². The number of para-hydroxylation sites is 1. The number of hydrogen-bond acceptors (Lipinski definition) is 6. The molecule has 0 radical (unpaired) electrons. The van der Waals surface area contributed by atoms with Crippen molar-refractivity contribution in [2.45, 2.75) is 25.7 Å². The second kappa shape index (κ2) is 8.91. The van der Waals surface area contributed by atoms with Crippen LogP contribution in [0.4, 0.5) is 11.5 Å². The number of hydrogen-bond donors (Lipinski definition) is 2. The predicted octanol–water partition coefficient (Wildman–Crippen LogP) is 3.22. The zero-order chi connectivity index (χ0) is 21.7. The Morgan fingerprint density at radius 3 is 2.37 bits per heavy atom. The molecule has 0 aliphatic rings. The Kier molecular flexibility index (Phi) is 6.31. The first-order chi connectivity index (χ1) is 14.2. The first-order valence-electron chi connectivity index (χ1n) is 9.16. The molecule has 0 bridgehead atoms. The quantitative estimate of drug-likeness (QED) is 0.600. The maximum Gasteiger partial charge on any atom is 0.263 e. The lowest BCUT2D eigenvalue weighted by Gasteiger charge is -2.11. The SMILES string of the molecule is Cc1cc(NS(=O)(=O)c2ccc(NC(=O)COc3ccccc3C)cc2)nc(C)n1. The summed E-state index contributed by atoms with van der Waals surface area (Å²) in [5, 5.41) is 2.68. The highest BCUT2D eigenvalue weighted by Crippen LogP contribution is 2.19. The van der Waals surface area contributed by atoms with Gasteiger partial charge in [0.25, 0.3) is 15.9 Å². The highest BCUT2D eigenvalue weighted by atomic mass is 32.2. The number of aryl methyl sites for hydroxylation is 3. The molecule has 30 heavy (non-hydrogen) atoms. The number of benzene rings is 2. The number of carbonyl (C=O) groups is 1. The number of ether oxygens (including phenoxy) is 1. The fourth-order valence-corrected chi connectivity index (χ4v) is 3.73. The fraction of sp³-hybridized carbons (Fsp3) is 0.190. The molecule has 9 heteroatoms. The van der Waals surface area contributed by atoms with Crippen molar-refractivity contribution in [2.24, 2.45) is 0 Å². The first kappa shape index (κ1) is 21.3. The number of anilines is 2. The van der Waals surface area contributed by atoms with Gasteiger partial charge in [-0.15, -0.1) is 0 Å². The van der Waals surface area contributed by atoms with Gasteiger partial charge in [0.05, 0.1) is 4.90 Å². The summed E-state index contributed by atoms with van der Waals surface area (Å²) >= 11 is 0. The third kappa shape index (κ3) is 5.54. The molecule has 0 saturated carbocycles. The number of nitrogens with zero attached hydrogens (tertiary/aromatic N) is 2. The van der Waals surface area contributed by atoms with Gasteiger partial charge < -0.3 is 10.1 Å². The maximum atomic E-state index is 12.6. The van der Waals surface area contributed by atoms with Crippen molar-refractivity contribution in [3.05, 3.63) is 71.7 Å². The van der Waals surface area contributed by atoms with Crippen LogP contribution in [0, 0.1) is 20.8 Å². The van der Waals surface area contributed by atoms with Gasteiger partial charge >= 0.3 is 0 Å². The molecule has 0 unspecified atom stereocenters. The Balaban J connectivity index is 1.62. The van der Waals surface area contributed by atoms with E-state index in [1.54, 1.807) is 26.0 Å². The van der Waals surface area contributed by atoms with Gasteiger partial charge in [0, 0.05) is 17.4 Å². The molecule has 0 spiro atoms. The molecule has 0 aliphatic heterocycles. The summed E-state index contributed by atoms with van der Waals surface area (Å²) in [6, 6.07) is 14.8. The average Bonchev–Trinajstić information content (AvgIpc) is 2.66. The molecular formula is C21H22N4O4S. The molecule has 2 aromatic carbocycles. The fourth-order valence-electron chi connectivity index (χ4n) is 2.74. The standard InChI is InChI=1S/C21H22N4O4S/c1-14-6-4-5-7-19(14)29-13-21(26)24-17-8-10-18(11-9-17)30(27,28)25-20-12-15(2)22-16(3)23-20/h4-12H,13H2,1-3H3,(H,24,26)(H,22,23,25). The smallest absolute Gasteiger partial charge is 0.263 e. The molecule has 2 N–H and O–H groups in total. The third-order valence-corrected chi connectivity index (χ3v) is 5.48. The summed E-state index contributed by atoms with van der Waals surface area (Å²) < 4.78 is 33.1. The van der Waals surface area contributed by atoms with E-state index in [2.05, 4.69) is 20.0 Å². The molecule has 0 saturated heterocycles. The minimum Gasteiger partial charge on any atom is -0.483 e. The van der Waals surface area contributed by atoms with Gasteiger partial charge in [-0.05, 0) is 56.7 Å². The number of aromatic nitrogens is 2. The summed E-state index contributed by atoms with van der Waals surface area (Å²) in [5.74, 6) is 0.957. The van der Waals surface area contributed by atoms with Crippen molar-refractivity contribution in [2.75, 3.05) is 16.6 Å². The molecule has 0 fully saturated rings. The van der Waals surface area contributed by atoms with Crippen LogP contribution in [0.5, 0.6) is 5.75 Å². The Morgan fingerprint density at radius 1 is 1.00 bits per heavy atom. The van der Waals surface area contributed by atoms with Gasteiger partial charge in [-0.25, -0.2) is 18.4 Å². The van der Waals surface area contributed by atoms with Crippen LogP contribution in [0.25, 0.3) is 0 Å². The maximum absolute atomic E-state index is 12.6. The number of rotatable bonds is 7. The minimum absolute atomic E-state index is 0.0468. The van der Waals surface area contributed by atoms with Crippen LogP contribution in [0.1, 0.15) is 17.1 Å². The van der Waals surface area contributed by atoms with E-state index in [1.165, 1.54) is 24.3 Å². The van der Waals surface area contributed by atoms with Crippen LogP contribution in [-0.2, 0) is 14.8 Å². The minimum atomic E-state index is -3.82. The molecule has 156 valence electrons. The third-order valence-electron chi connectivity index (χ3n) is 4.11. The zero-order valence-corrected chi connectivity index (χ0v) is 17.7. The van der Waals surface area contributed by atoms with E-state index in [0.717, 1.165) is 5.56 Å². The molecular weight excluding hydrogens is 404 g/mol. The topological polar surface area (TPSA) is 110 Å². The Hall–Kier alpha value is -3.46. The van der Waals surface area contributed by atoms with Gasteiger partial charge in [0.1, 0.15) is 17.4 Å². The van der Waals surface area contributed by atoms with Crippen molar-refractivity contribution < 1.29 is 17.9 Å². The van der Waals surface area contributed by atoms with E-state index in [4.69, 9.17) is 4.74 Å². The summed E-state index contributed by atoms with van der Waals surface area (Å²) in [6.45, 7) is 5.18. The highest BCUT2D eigenvalue weighted by Gasteiger charge is 2.16. The van der Waals surface area contributed by atoms with Gasteiger partial charge in [-0.1, -0.05) is 18.2 Å². The lowest BCUT2D eigenvalue weighted by Crippen LogP contribution is -2.20. The van der Waals surface area contributed by atoms with Crippen molar-refractivity contribution in [3.63, 3.8) is 0 Å². The normalized spacial score (nSPS) is 11.0. The zero-order valence-electron chi connectivity index (χ0n) is 16.8. The van der Waals surface area contributed by atoms with Crippen LogP contribution in [0.15, 0.2) is 59.5 Å². The number of sulfonamides is 1. The van der Waals surface area contributed by atoms with Gasteiger partial charge in [-0.2, -0.15) is 0 Å². The average molecular weight is 426 g/mol. The highest BCUT2D eigenvalue weighted by molar-refractivity contribution is 7.92. The second-order valence-corrected chi connectivity index (χ2v) is 8.36. The number of carbonyl (C=O) groups excluding carboxylic acids is 1. The predicted molar refractivity (Wildman–Crippen MR) is 114 cm³/mol. The van der Waals surface area contributed by atoms with Crippen LogP contribution < -0.4 is 14.8 Å². The Bertz CT molecular complexity index is 1140. The first-order valence-corrected chi connectivity index (χ1v) is 10.6. The van der Waals surface area contributed by atoms with E-state index in [1.807, 2.05) is 25.1 Å². The summed E-state index contributed by atoms with van der Waals surface area (Å²) in [4.78, 5) is 20.3.